The third-order valence-corrected chi connectivity index (χ3v) is 4.75. The lowest BCUT2D eigenvalue weighted by Crippen LogP contribution is -2.28. The van der Waals surface area contributed by atoms with Gasteiger partial charge in [0.15, 0.2) is 0 Å². The van der Waals surface area contributed by atoms with Crippen LogP contribution in [0.2, 0.25) is 0 Å². The van der Waals surface area contributed by atoms with Gasteiger partial charge in [-0.1, -0.05) is 12.8 Å². The van der Waals surface area contributed by atoms with E-state index < -0.39 is 0 Å². The summed E-state index contributed by atoms with van der Waals surface area (Å²) in [6.45, 7) is 4.81. The highest BCUT2D eigenvalue weighted by Gasteiger charge is 2.24. The maximum absolute atomic E-state index is 12.1. The largest absolute Gasteiger partial charge is 0.372 e. The number of amides is 1. The van der Waals surface area contributed by atoms with Crippen molar-refractivity contribution in [1.82, 2.24) is 0 Å². The second-order valence-electron chi connectivity index (χ2n) is 6.86. The Morgan fingerprint density at radius 1 is 1.17 bits per heavy atom. The van der Waals surface area contributed by atoms with Crippen LogP contribution < -0.4 is 10.2 Å². The van der Waals surface area contributed by atoms with Crippen molar-refractivity contribution in [3.63, 3.8) is 0 Å². The zero-order chi connectivity index (χ0) is 16.1. The quantitative estimate of drug-likeness (QED) is 0.867. The Balaban J connectivity index is 1.50. The summed E-state index contributed by atoms with van der Waals surface area (Å²) in [6.07, 6.45) is 7.31. The van der Waals surface area contributed by atoms with Crippen molar-refractivity contribution in [3.05, 3.63) is 24.3 Å². The van der Waals surface area contributed by atoms with E-state index >= 15 is 0 Å². The lowest BCUT2D eigenvalue weighted by Gasteiger charge is -2.23. The van der Waals surface area contributed by atoms with Crippen LogP contribution in [0, 0.1) is 5.92 Å². The van der Waals surface area contributed by atoms with Gasteiger partial charge in [-0.05, 0) is 62.8 Å². The minimum absolute atomic E-state index is 0.0619. The minimum Gasteiger partial charge on any atom is -0.372 e. The predicted molar refractivity (Wildman–Crippen MR) is 93.9 cm³/mol. The smallest absolute Gasteiger partial charge is 0.253 e. The number of nitrogens with one attached hydrogen (secondary N) is 1. The summed E-state index contributed by atoms with van der Waals surface area (Å²) < 4.78 is 5.61. The van der Waals surface area contributed by atoms with Crippen molar-refractivity contribution in [1.29, 1.82) is 0 Å². The molecule has 23 heavy (non-hydrogen) atoms. The summed E-state index contributed by atoms with van der Waals surface area (Å²) in [6, 6.07) is 8.20. The number of carbonyl (C=O) groups is 1. The van der Waals surface area contributed by atoms with Crippen LogP contribution >= 0.6 is 0 Å². The Bertz CT molecular complexity index is 503. The molecule has 0 unspecified atom stereocenters. The fourth-order valence-electron chi connectivity index (χ4n) is 2.97. The maximum atomic E-state index is 12.1. The summed E-state index contributed by atoms with van der Waals surface area (Å²) in [4.78, 5) is 14.6. The van der Waals surface area contributed by atoms with Gasteiger partial charge in [0.2, 0.25) is 0 Å². The average Bonchev–Trinajstić information content (AvgIpc) is 3.40. The van der Waals surface area contributed by atoms with E-state index in [-0.39, 0.29) is 12.0 Å². The van der Waals surface area contributed by atoms with Gasteiger partial charge in [0.05, 0.1) is 6.61 Å². The molecule has 1 amide bonds. The van der Waals surface area contributed by atoms with Crippen LogP contribution in [0.25, 0.3) is 0 Å². The first-order valence-corrected chi connectivity index (χ1v) is 9.00. The average molecular weight is 316 g/mol. The topological polar surface area (TPSA) is 41.6 Å². The molecule has 4 nitrogen and oxygen atoms in total. The Labute approximate surface area is 139 Å². The number of benzene rings is 1. The van der Waals surface area contributed by atoms with Crippen LogP contribution in [0.15, 0.2) is 24.3 Å². The lowest BCUT2D eigenvalue weighted by atomic mass is 10.2. The first-order chi connectivity index (χ1) is 11.2. The van der Waals surface area contributed by atoms with E-state index in [2.05, 4.69) is 22.3 Å². The number of nitrogens with zero attached hydrogens (tertiary/aromatic N) is 1. The number of hydrogen-bond acceptors (Lipinski definition) is 3. The van der Waals surface area contributed by atoms with Crippen molar-refractivity contribution < 1.29 is 9.53 Å². The molecule has 126 valence electrons. The van der Waals surface area contributed by atoms with E-state index in [9.17, 15) is 4.79 Å². The van der Waals surface area contributed by atoms with Gasteiger partial charge in [0.25, 0.3) is 5.91 Å². The predicted octanol–water partition coefficient (Wildman–Crippen LogP) is 3.82. The van der Waals surface area contributed by atoms with Crippen molar-refractivity contribution in [2.75, 3.05) is 29.9 Å². The van der Waals surface area contributed by atoms with Gasteiger partial charge in [-0.15, -0.1) is 0 Å². The van der Waals surface area contributed by atoms with Crippen LogP contribution in [0.4, 0.5) is 11.4 Å². The molecule has 4 heteroatoms. The molecule has 1 atom stereocenters. The summed E-state index contributed by atoms with van der Waals surface area (Å²) in [5, 5.41) is 2.95. The Morgan fingerprint density at radius 2 is 1.83 bits per heavy atom. The highest BCUT2D eigenvalue weighted by Crippen LogP contribution is 2.29. The van der Waals surface area contributed by atoms with E-state index in [0.717, 1.165) is 18.8 Å². The fraction of sp³-hybridized carbons (Fsp3) is 0.632. The van der Waals surface area contributed by atoms with Crippen molar-refractivity contribution >= 4 is 17.3 Å². The van der Waals surface area contributed by atoms with Crippen molar-refractivity contribution in [2.24, 2.45) is 5.92 Å². The lowest BCUT2D eigenvalue weighted by molar-refractivity contribution is -0.126. The molecular weight excluding hydrogens is 288 g/mol. The zero-order valence-electron chi connectivity index (χ0n) is 14.1. The Morgan fingerprint density at radius 3 is 2.43 bits per heavy atom. The number of carbonyl (C=O) groups excluding carboxylic acids is 1. The summed E-state index contributed by atoms with van der Waals surface area (Å²) in [5.41, 5.74) is 2.10. The van der Waals surface area contributed by atoms with E-state index in [1.165, 1.54) is 44.2 Å². The van der Waals surface area contributed by atoms with Gasteiger partial charge in [-0.25, -0.2) is 0 Å². The molecule has 0 spiro atoms. The molecule has 1 aliphatic carbocycles. The second kappa shape index (κ2) is 7.82. The second-order valence-corrected chi connectivity index (χ2v) is 6.86. The zero-order valence-corrected chi connectivity index (χ0v) is 14.1. The number of hydrogen-bond donors (Lipinski definition) is 1. The van der Waals surface area contributed by atoms with Crippen molar-refractivity contribution in [3.8, 4) is 0 Å². The third kappa shape index (κ3) is 4.96. The van der Waals surface area contributed by atoms with Crippen LogP contribution in [-0.2, 0) is 9.53 Å². The number of anilines is 2. The molecule has 1 aromatic rings. The molecule has 0 aromatic heterocycles. The molecule has 1 aliphatic heterocycles. The van der Waals surface area contributed by atoms with Crippen LogP contribution in [0.3, 0.4) is 0 Å². The van der Waals surface area contributed by atoms with E-state index in [0.29, 0.717) is 12.5 Å². The van der Waals surface area contributed by atoms with Gasteiger partial charge in [0.1, 0.15) is 6.10 Å². The van der Waals surface area contributed by atoms with Gasteiger partial charge >= 0.3 is 0 Å². The summed E-state index contributed by atoms with van der Waals surface area (Å²) in [7, 11) is 0. The minimum atomic E-state index is -0.388. The maximum Gasteiger partial charge on any atom is 0.253 e. The van der Waals surface area contributed by atoms with E-state index in [4.69, 9.17) is 4.74 Å². The fourth-order valence-corrected chi connectivity index (χ4v) is 2.97. The highest BCUT2D eigenvalue weighted by atomic mass is 16.5. The first kappa shape index (κ1) is 16.3. The van der Waals surface area contributed by atoms with Crippen LogP contribution in [0.5, 0.6) is 0 Å². The van der Waals surface area contributed by atoms with E-state index in [1.807, 2.05) is 19.1 Å². The molecule has 3 rings (SSSR count). The van der Waals surface area contributed by atoms with Gasteiger partial charge in [0, 0.05) is 24.5 Å². The standard InChI is InChI=1S/C19H28N2O2/c1-15(23-14-16-6-7-16)19(22)20-17-8-10-18(11-9-17)21-12-4-2-3-5-13-21/h8-11,15-16H,2-7,12-14H2,1H3,(H,20,22)/t15-/m0/s1. The molecule has 0 radical (unpaired) electrons. The molecule has 2 fully saturated rings. The third-order valence-electron chi connectivity index (χ3n) is 4.75. The normalized spacial score (nSPS) is 20.0. The number of rotatable bonds is 6. The molecule has 1 saturated carbocycles. The molecule has 1 N–H and O–H groups in total. The molecule has 1 heterocycles. The van der Waals surface area contributed by atoms with E-state index in [1.54, 1.807) is 0 Å². The van der Waals surface area contributed by atoms with Gasteiger partial charge in [-0.2, -0.15) is 0 Å². The number of ether oxygens (including phenoxy) is 1. The first-order valence-electron chi connectivity index (χ1n) is 9.00. The SMILES string of the molecule is C[C@H](OCC1CC1)C(=O)Nc1ccc(N2CCCCCC2)cc1. The summed E-state index contributed by atoms with van der Waals surface area (Å²) in [5.74, 6) is 0.617. The summed E-state index contributed by atoms with van der Waals surface area (Å²) >= 11 is 0. The van der Waals surface area contributed by atoms with Crippen LogP contribution in [0.1, 0.15) is 45.4 Å². The Kier molecular flexibility index (Phi) is 5.55. The molecular formula is C19H28N2O2. The van der Waals surface area contributed by atoms with Gasteiger partial charge in [-0.3, -0.25) is 4.79 Å². The van der Waals surface area contributed by atoms with Crippen LogP contribution in [-0.4, -0.2) is 31.7 Å². The molecule has 2 aliphatic rings. The molecule has 0 bridgehead atoms. The highest BCUT2D eigenvalue weighted by molar-refractivity contribution is 5.94. The Hall–Kier alpha value is -1.55. The van der Waals surface area contributed by atoms with Crippen molar-refractivity contribution in [2.45, 2.75) is 51.6 Å². The van der Waals surface area contributed by atoms with Gasteiger partial charge < -0.3 is 15.0 Å². The monoisotopic (exact) mass is 316 g/mol. The molecule has 1 aromatic carbocycles. The molecule has 1 saturated heterocycles.